The summed E-state index contributed by atoms with van der Waals surface area (Å²) in [5.74, 6) is -3.70. The molecule has 38 heavy (non-hydrogen) atoms. The van der Waals surface area contributed by atoms with Crippen molar-refractivity contribution in [3.8, 4) is 16.9 Å². The van der Waals surface area contributed by atoms with Crippen molar-refractivity contribution in [2.45, 2.75) is 31.4 Å². The number of aliphatic carboxylic acids is 1. The van der Waals surface area contributed by atoms with Crippen LogP contribution in [0.2, 0.25) is 10.0 Å². The lowest BCUT2D eigenvalue weighted by Crippen LogP contribution is -2.42. The predicted octanol–water partition coefficient (Wildman–Crippen LogP) is 7.06. The Hall–Kier alpha value is -3.68. The van der Waals surface area contributed by atoms with Crippen molar-refractivity contribution >= 4 is 45.9 Å². The second-order valence-electron chi connectivity index (χ2n) is 9.06. The van der Waals surface area contributed by atoms with E-state index in [2.05, 4.69) is 5.32 Å². The molecule has 0 radical (unpaired) electrons. The number of rotatable bonds is 8. The molecule has 1 fully saturated rings. The Labute approximate surface area is 226 Å². The number of fused-ring (bicyclic) bond motifs is 1. The van der Waals surface area contributed by atoms with E-state index in [1.54, 1.807) is 36.4 Å². The van der Waals surface area contributed by atoms with Crippen molar-refractivity contribution in [1.82, 2.24) is 5.32 Å². The van der Waals surface area contributed by atoms with E-state index in [0.29, 0.717) is 27.5 Å². The van der Waals surface area contributed by atoms with Crippen molar-refractivity contribution in [3.63, 3.8) is 0 Å². The highest BCUT2D eigenvalue weighted by molar-refractivity contribution is 6.39. The predicted molar refractivity (Wildman–Crippen MR) is 142 cm³/mol. The van der Waals surface area contributed by atoms with Gasteiger partial charge in [0.2, 0.25) is 0 Å². The number of halogens is 4. The average Bonchev–Trinajstić information content (AvgIpc) is 3.70. The number of hydrogen-bond acceptors (Lipinski definition) is 3. The highest BCUT2D eigenvalue weighted by atomic mass is 35.5. The topological polar surface area (TPSA) is 75.6 Å². The van der Waals surface area contributed by atoms with Gasteiger partial charge in [-0.25, -0.2) is 13.6 Å². The van der Waals surface area contributed by atoms with Gasteiger partial charge in [0.25, 0.3) is 5.91 Å². The molecule has 1 aliphatic rings. The molecule has 0 heterocycles. The zero-order chi connectivity index (χ0) is 27.0. The molecular formula is C29H21Cl2F2NO4. The number of carboxylic acids is 1. The van der Waals surface area contributed by atoms with Gasteiger partial charge >= 0.3 is 5.97 Å². The SMILES string of the molecule is O=C(NC(Cc1ccc(-c2cc(F)c(F)cc2OC2CC2)c2ccccc12)C(=O)O)c1c(Cl)cccc1Cl. The molecule has 194 valence electrons. The molecule has 1 unspecified atom stereocenters. The van der Waals surface area contributed by atoms with Crippen LogP contribution in [0.4, 0.5) is 8.78 Å². The monoisotopic (exact) mass is 555 g/mol. The van der Waals surface area contributed by atoms with Crippen LogP contribution < -0.4 is 10.1 Å². The van der Waals surface area contributed by atoms with Gasteiger partial charge in [0, 0.05) is 18.1 Å². The number of carbonyl (C=O) groups is 2. The summed E-state index contributed by atoms with van der Waals surface area (Å²) in [4.78, 5) is 25.0. The summed E-state index contributed by atoms with van der Waals surface area (Å²) in [7, 11) is 0. The van der Waals surface area contributed by atoms with Crippen molar-refractivity contribution in [2.24, 2.45) is 0 Å². The first-order valence-corrected chi connectivity index (χ1v) is 12.6. The van der Waals surface area contributed by atoms with E-state index in [4.69, 9.17) is 27.9 Å². The first kappa shape index (κ1) is 25.9. The largest absolute Gasteiger partial charge is 0.490 e. The summed E-state index contributed by atoms with van der Waals surface area (Å²) < 4.78 is 34.2. The van der Waals surface area contributed by atoms with Crippen molar-refractivity contribution in [2.75, 3.05) is 0 Å². The first-order chi connectivity index (χ1) is 18.2. The van der Waals surface area contributed by atoms with Crippen LogP contribution in [0, 0.1) is 11.6 Å². The Morgan fingerprint density at radius 2 is 1.58 bits per heavy atom. The zero-order valence-electron chi connectivity index (χ0n) is 19.8. The molecule has 2 N–H and O–H groups in total. The highest BCUT2D eigenvalue weighted by Gasteiger charge is 2.27. The van der Waals surface area contributed by atoms with E-state index in [1.807, 2.05) is 6.07 Å². The molecule has 4 aromatic rings. The summed E-state index contributed by atoms with van der Waals surface area (Å²) in [6.07, 6.45) is 1.61. The Kier molecular flexibility index (Phi) is 7.23. The average molecular weight is 556 g/mol. The van der Waals surface area contributed by atoms with E-state index in [0.717, 1.165) is 25.0 Å². The summed E-state index contributed by atoms with van der Waals surface area (Å²) in [6, 6.07) is 16.1. The number of nitrogens with one attached hydrogen (secondary N) is 1. The molecule has 0 aromatic heterocycles. The number of carbonyl (C=O) groups excluding carboxylic acids is 1. The minimum atomic E-state index is -1.29. The van der Waals surface area contributed by atoms with Crippen molar-refractivity contribution in [1.29, 1.82) is 0 Å². The summed E-state index contributed by atoms with van der Waals surface area (Å²) >= 11 is 12.2. The summed E-state index contributed by atoms with van der Waals surface area (Å²) in [5, 5.41) is 14.0. The van der Waals surface area contributed by atoms with Crippen LogP contribution in [0.15, 0.2) is 66.7 Å². The van der Waals surface area contributed by atoms with E-state index >= 15 is 0 Å². The third kappa shape index (κ3) is 5.30. The Morgan fingerprint density at radius 3 is 2.24 bits per heavy atom. The second-order valence-corrected chi connectivity index (χ2v) is 9.88. The third-order valence-electron chi connectivity index (χ3n) is 6.36. The standard InChI is InChI=1S/C29H21Cl2F2NO4/c30-21-6-3-7-22(31)27(21)28(35)34-25(29(36)37)12-15-8-11-19(18-5-2-1-4-17(15)18)20-13-23(32)24(33)14-26(20)38-16-9-10-16/h1-8,11,13-14,16,25H,9-10,12H2,(H,34,35)(H,36,37). The molecule has 0 spiro atoms. The van der Waals surface area contributed by atoms with Gasteiger partial charge in [-0.1, -0.05) is 65.7 Å². The number of ether oxygens (including phenoxy) is 1. The molecule has 0 bridgehead atoms. The molecule has 4 aromatic carbocycles. The lowest BCUT2D eigenvalue weighted by molar-refractivity contribution is -0.139. The van der Waals surface area contributed by atoms with Gasteiger partial charge in [-0.05, 0) is 52.9 Å². The Balaban J connectivity index is 1.52. The van der Waals surface area contributed by atoms with Gasteiger partial charge in [-0.3, -0.25) is 4.79 Å². The molecule has 1 atom stereocenters. The maximum atomic E-state index is 14.3. The Bertz CT molecular complexity index is 1550. The maximum absolute atomic E-state index is 14.3. The summed E-state index contributed by atoms with van der Waals surface area (Å²) in [5.41, 5.74) is 1.63. The fraction of sp³-hybridized carbons (Fsp3) is 0.172. The molecule has 5 nitrogen and oxygen atoms in total. The van der Waals surface area contributed by atoms with Crippen LogP contribution in [-0.4, -0.2) is 29.1 Å². The zero-order valence-corrected chi connectivity index (χ0v) is 21.3. The molecule has 1 saturated carbocycles. The van der Waals surface area contributed by atoms with Gasteiger partial charge in [0.15, 0.2) is 11.6 Å². The van der Waals surface area contributed by atoms with Gasteiger partial charge < -0.3 is 15.2 Å². The van der Waals surface area contributed by atoms with Gasteiger partial charge in [-0.15, -0.1) is 0 Å². The highest BCUT2D eigenvalue weighted by Crippen LogP contribution is 2.40. The second kappa shape index (κ2) is 10.6. The molecule has 0 saturated heterocycles. The molecule has 0 aliphatic heterocycles. The van der Waals surface area contributed by atoms with Crippen molar-refractivity contribution in [3.05, 3.63) is 99.5 Å². The number of amides is 1. The van der Waals surface area contributed by atoms with Gasteiger partial charge in [0.1, 0.15) is 11.8 Å². The maximum Gasteiger partial charge on any atom is 0.326 e. The van der Waals surface area contributed by atoms with E-state index in [1.165, 1.54) is 12.1 Å². The van der Waals surface area contributed by atoms with Crippen LogP contribution >= 0.6 is 23.2 Å². The summed E-state index contributed by atoms with van der Waals surface area (Å²) in [6.45, 7) is 0. The van der Waals surface area contributed by atoms with Crippen LogP contribution in [0.1, 0.15) is 28.8 Å². The first-order valence-electron chi connectivity index (χ1n) is 11.9. The number of carboxylic acid groups (broad SMARTS) is 1. The van der Waals surface area contributed by atoms with Crippen molar-refractivity contribution < 1.29 is 28.2 Å². The molecular weight excluding hydrogens is 535 g/mol. The van der Waals surface area contributed by atoms with Gasteiger partial charge in [0.05, 0.1) is 21.7 Å². The minimum absolute atomic E-state index is 0.0104. The van der Waals surface area contributed by atoms with Gasteiger partial charge in [-0.2, -0.15) is 0 Å². The lowest BCUT2D eigenvalue weighted by Gasteiger charge is -2.19. The third-order valence-corrected chi connectivity index (χ3v) is 6.99. The quantitative estimate of drug-likeness (QED) is 0.244. The molecule has 1 amide bonds. The molecule has 5 rings (SSSR count). The fourth-order valence-corrected chi connectivity index (χ4v) is 4.91. The van der Waals surface area contributed by atoms with Crippen LogP contribution in [-0.2, 0) is 11.2 Å². The normalized spacial score (nSPS) is 13.8. The number of benzene rings is 4. The number of hydrogen-bond donors (Lipinski definition) is 2. The minimum Gasteiger partial charge on any atom is -0.490 e. The fourth-order valence-electron chi connectivity index (χ4n) is 4.34. The van der Waals surface area contributed by atoms with Crippen LogP contribution in [0.25, 0.3) is 21.9 Å². The Morgan fingerprint density at radius 1 is 0.921 bits per heavy atom. The van der Waals surface area contributed by atoms with E-state index < -0.39 is 29.6 Å². The lowest BCUT2D eigenvalue weighted by atomic mass is 9.92. The molecule has 1 aliphatic carbocycles. The van der Waals surface area contributed by atoms with Crippen LogP contribution in [0.5, 0.6) is 5.75 Å². The molecule has 9 heteroatoms. The van der Waals surface area contributed by atoms with E-state index in [9.17, 15) is 23.5 Å². The smallest absolute Gasteiger partial charge is 0.326 e. The van der Waals surface area contributed by atoms with E-state index in [-0.39, 0.29) is 33.9 Å². The van der Waals surface area contributed by atoms with Crippen LogP contribution in [0.3, 0.4) is 0 Å².